The lowest BCUT2D eigenvalue weighted by Gasteiger charge is -2.26. The maximum atomic E-state index is 12.6. The lowest BCUT2D eigenvalue weighted by Crippen LogP contribution is -2.90. The Morgan fingerprint density at radius 3 is 2.23 bits per heavy atom. The summed E-state index contributed by atoms with van der Waals surface area (Å²) in [5.41, 5.74) is 2.08. The molecule has 1 aliphatic heterocycles. The molecule has 1 fully saturated rings. The monoisotopic (exact) mass is 441 g/mol. The Labute approximate surface area is 173 Å². The van der Waals surface area contributed by atoms with Gasteiger partial charge in [0.15, 0.2) is 5.75 Å². The number of halogens is 3. The van der Waals surface area contributed by atoms with E-state index in [1.165, 1.54) is 18.2 Å². The fraction of sp³-hybridized carbons (Fsp3) is 0.250. The van der Waals surface area contributed by atoms with Gasteiger partial charge in [-0.25, -0.2) is 13.3 Å². The summed E-state index contributed by atoms with van der Waals surface area (Å²) in [7, 11) is -1.51. The van der Waals surface area contributed by atoms with Crippen molar-refractivity contribution in [1.29, 1.82) is 0 Å². The molecule has 0 saturated carbocycles. The van der Waals surface area contributed by atoms with Crippen molar-refractivity contribution in [2.24, 2.45) is 0 Å². The summed E-state index contributed by atoms with van der Waals surface area (Å²) < 4.78 is 54.8. The quantitative estimate of drug-likeness (QED) is 0.553. The molecular formula is C20H20F3N2O4S+. The third kappa shape index (κ3) is 6.68. The number of carbonyl (C=O) groups excluding carboxylic acids is 1. The van der Waals surface area contributed by atoms with Gasteiger partial charge in [0.05, 0.1) is 4.90 Å². The zero-order valence-corrected chi connectivity index (χ0v) is 16.6. The fourth-order valence-corrected chi connectivity index (χ4v) is 4.03. The van der Waals surface area contributed by atoms with Crippen LogP contribution in [-0.4, -0.2) is 33.9 Å². The van der Waals surface area contributed by atoms with Crippen LogP contribution in [0.2, 0.25) is 0 Å². The molecule has 6 nitrogen and oxygen atoms in total. The van der Waals surface area contributed by atoms with Gasteiger partial charge in [0, 0.05) is 19.2 Å². The van der Waals surface area contributed by atoms with Gasteiger partial charge in [-0.1, -0.05) is 29.3 Å². The molecule has 0 bridgehead atoms. The number of para-hydroxylation sites is 1. The maximum absolute atomic E-state index is 12.6. The predicted octanol–water partition coefficient (Wildman–Crippen LogP) is 2.71. The van der Waals surface area contributed by atoms with Gasteiger partial charge in [-0.05, 0) is 49.2 Å². The number of benzene rings is 2. The number of hydrogen-bond acceptors (Lipinski definition) is 4. The number of alkyl halides is 3. The van der Waals surface area contributed by atoms with Crippen molar-refractivity contribution in [1.82, 2.24) is 4.31 Å². The summed E-state index contributed by atoms with van der Waals surface area (Å²) in [5.74, 6) is -0.0515. The Hall–Kier alpha value is -2.69. The van der Waals surface area contributed by atoms with Gasteiger partial charge in [-0.15, -0.1) is 13.2 Å². The molecule has 1 atom stereocenters. The van der Waals surface area contributed by atoms with E-state index >= 15 is 0 Å². The van der Waals surface area contributed by atoms with E-state index in [-0.39, 0.29) is 11.7 Å². The number of ether oxygens (including phenoxy) is 1. The molecule has 2 aromatic carbocycles. The number of quaternary nitrogens is 1. The van der Waals surface area contributed by atoms with Crippen molar-refractivity contribution in [2.75, 3.05) is 13.1 Å². The Kier molecular flexibility index (Phi) is 7.24. The highest BCUT2D eigenvalue weighted by molar-refractivity contribution is 7.82. The minimum Gasteiger partial charge on any atom is -0.406 e. The third-order valence-electron chi connectivity index (χ3n) is 4.26. The standard InChI is InChI=1S/C20H19F3N2O4S/c21-20(22,23)28-16-6-8-18(9-7-16)30(27)25-12-10-15(11-13-25)14-19(26)24-29-17-4-2-1-3-5-17/h1-9,14H,10-13H2,(H,24,26)/p+1. The molecule has 30 heavy (non-hydrogen) atoms. The summed E-state index contributed by atoms with van der Waals surface area (Å²) in [6.45, 7) is 0.929. The van der Waals surface area contributed by atoms with E-state index in [0.717, 1.165) is 23.2 Å². The topological polar surface area (TPSA) is 72.5 Å². The second kappa shape index (κ2) is 9.88. The zero-order valence-electron chi connectivity index (χ0n) is 15.8. The molecule has 3 rings (SSSR count). The normalized spacial score (nSPS) is 16.0. The molecule has 1 heterocycles. The Morgan fingerprint density at radius 1 is 1.00 bits per heavy atom. The Morgan fingerprint density at radius 2 is 1.63 bits per heavy atom. The van der Waals surface area contributed by atoms with E-state index in [1.807, 2.05) is 6.07 Å². The Balaban J connectivity index is 1.49. The van der Waals surface area contributed by atoms with Gasteiger partial charge in [-0.3, -0.25) is 0 Å². The average molecular weight is 441 g/mol. The first-order valence-corrected chi connectivity index (χ1v) is 10.2. The van der Waals surface area contributed by atoms with E-state index in [9.17, 15) is 22.2 Å². The molecule has 1 unspecified atom stereocenters. The van der Waals surface area contributed by atoms with Crippen LogP contribution < -0.4 is 15.1 Å². The van der Waals surface area contributed by atoms with Crippen molar-refractivity contribution in [2.45, 2.75) is 24.1 Å². The first-order valence-electron chi connectivity index (χ1n) is 9.11. The Bertz CT molecular complexity index is 908. The van der Waals surface area contributed by atoms with Crippen LogP contribution in [0, 0.1) is 0 Å². The highest BCUT2D eigenvalue weighted by atomic mass is 32.2. The van der Waals surface area contributed by atoms with Crippen LogP contribution in [0.1, 0.15) is 12.8 Å². The summed E-state index contributed by atoms with van der Waals surface area (Å²) in [5, 5.41) is 0. The van der Waals surface area contributed by atoms with E-state index in [2.05, 4.69) is 4.74 Å². The molecule has 0 spiro atoms. The van der Waals surface area contributed by atoms with Crippen LogP contribution in [0.15, 0.2) is 71.1 Å². The summed E-state index contributed by atoms with van der Waals surface area (Å²) >= 11 is 0. The van der Waals surface area contributed by atoms with E-state index in [1.54, 1.807) is 28.6 Å². The van der Waals surface area contributed by atoms with Gasteiger partial charge in [0.2, 0.25) is 0 Å². The second-order valence-corrected chi connectivity index (χ2v) is 7.94. The van der Waals surface area contributed by atoms with Crippen molar-refractivity contribution in [3.63, 3.8) is 0 Å². The van der Waals surface area contributed by atoms with E-state index < -0.39 is 17.3 Å². The first-order chi connectivity index (χ1) is 14.3. The largest absolute Gasteiger partial charge is 0.573 e. The first kappa shape index (κ1) is 22.0. The average Bonchev–Trinajstić information content (AvgIpc) is 2.72. The van der Waals surface area contributed by atoms with Crippen LogP contribution in [0.25, 0.3) is 0 Å². The number of hydroxylamine groups is 1. The number of primary amides is 1. The molecule has 10 heteroatoms. The molecule has 0 radical (unpaired) electrons. The third-order valence-corrected chi connectivity index (χ3v) is 5.77. The van der Waals surface area contributed by atoms with Crippen LogP contribution >= 0.6 is 0 Å². The summed E-state index contributed by atoms with van der Waals surface area (Å²) in [6.07, 6.45) is -2.12. The summed E-state index contributed by atoms with van der Waals surface area (Å²) in [4.78, 5) is 17.7. The minimum absolute atomic E-state index is 0.260. The highest BCUT2D eigenvalue weighted by Gasteiger charge is 2.31. The summed E-state index contributed by atoms with van der Waals surface area (Å²) in [6, 6.07) is 13.9. The van der Waals surface area contributed by atoms with E-state index in [0.29, 0.717) is 36.6 Å². The SMILES string of the molecule is O=C(C=C1CCN(S(=O)c2ccc(OC(F)(F)F)cc2)CC1)[NH2+]Oc1ccccc1. The van der Waals surface area contributed by atoms with Gasteiger partial charge in [-0.2, -0.15) is 0 Å². The van der Waals surface area contributed by atoms with Crippen molar-refractivity contribution < 1.29 is 37.2 Å². The van der Waals surface area contributed by atoms with Gasteiger partial charge >= 0.3 is 12.3 Å². The fourth-order valence-electron chi connectivity index (χ4n) is 2.85. The molecular weight excluding hydrogens is 421 g/mol. The number of nitrogens with two attached hydrogens (primary N) is 1. The van der Waals surface area contributed by atoms with Crippen molar-refractivity contribution in [3.05, 3.63) is 66.2 Å². The predicted molar refractivity (Wildman–Crippen MR) is 102 cm³/mol. The highest BCUT2D eigenvalue weighted by Crippen LogP contribution is 2.25. The molecule has 2 aromatic rings. The zero-order chi connectivity index (χ0) is 21.6. The number of rotatable bonds is 6. The smallest absolute Gasteiger partial charge is 0.406 e. The van der Waals surface area contributed by atoms with Crippen LogP contribution in [0.4, 0.5) is 13.2 Å². The number of piperidine rings is 1. The molecule has 1 saturated heterocycles. The number of hydrogen-bond donors (Lipinski definition) is 1. The molecule has 1 aliphatic rings. The van der Waals surface area contributed by atoms with Crippen molar-refractivity contribution in [3.8, 4) is 11.5 Å². The maximum Gasteiger partial charge on any atom is 0.573 e. The van der Waals surface area contributed by atoms with Gasteiger partial charge in [0.25, 0.3) is 0 Å². The number of carbonyl (C=O) groups is 1. The van der Waals surface area contributed by atoms with E-state index in [4.69, 9.17) is 4.84 Å². The molecule has 1 amide bonds. The van der Waals surface area contributed by atoms with Gasteiger partial charge in [0.1, 0.15) is 16.7 Å². The van der Waals surface area contributed by atoms with Crippen LogP contribution in [0.3, 0.4) is 0 Å². The molecule has 2 N–H and O–H groups in total. The minimum atomic E-state index is -4.77. The van der Waals surface area contributed by atoms with Crippen LogP contribution in [0.5, 0.6) is 11.5 Å². The second-order valence-electron chi connectivity index (χ2n) is 6.45. The molecule has 160 valence electrons. The number of amides is 1. The lowest BCUT2D eigenvalue weighted by atomic mass is 10.1. The van der Waals surface area contributed by atoms with Crippen molar-refractivity contribution >= 4 is 16.9 Å². The van der Waals surface area contributed by atoms with Gasteiger partial charge < -0.3 is 9.57 Å². The molecule has 0 aromatic heterocycles. The number of nitrogens with zero attached hydrogens (tertiary/aromatic N) is 1. The lowest BCUT2D eigenvalue weighted by molar-refractivity contribution is -0.781. The molecule has 0 aliphatic carbocycles. The van der Waals surface area contributed by atoms with Crippen LogP contribution in [-0.2, 0) is 15.8 Å².